The molecule has 1 atom stereocenters. The standard InChI is InChI=1S/C57H40FN3/c1-57(2)48-33-37(36-59)23-30-52(48)61(56(57)42-19-11-5-12-20-42)51-32-27-41-24-28-45-50(31-26-40-25-29-46(51)54(41)53(40)45)60(44-21-13-6-14-22-44)55-47(39-17-9-4-10-18-39)34-43(35-49(55)58)38-15-7-3-8-16-38/h3-35,56H,1-2H3. The average molecular weight is 786 g/mol. The minimum Gasteiger partial charge on any atom is -0.332 e. The molecular formula is C57H40FN3. The lowest BCUT2D eigenvalue weighted by atomic mass is 9.77. The third-order valence-corrected chi connectivity index (χ3v) is 12.7. The summed E-state index contributed by atoms with van der Waals surface area (Å²) in [6, 6.07) is 71.0. The van der Waals surface area contributed by atoms with E-state index >= 15 is 4.39 Å². The summed E-state index contributed by atoms with van der Waals surface area (Å²) in [6.45, 7) is 4.58. The van der Waals surface area contributed by atoms with Crippen molar-refractivity contribution in [1.29, 1.82) is 5.26 Å². The average Bonchev–Trinajstić information content (AvgIpc) is 3.55. The van der Waals surface area contributed by atoms with Crippen LogP contribution in [0.25, 0.3) is 54.6 Å². The number of rotatable bonds is 7. The molecule has 0 spiro atoms. The molecule has 0 amide bonds. The van der Waals surface area contributed by atoms with Gasteiger partial charge in [0.15, 0.2) is 0 Å². The second-order valence-corrected chi connectivity index (χ2v) is 16.6. The fourth-order valence-electron chi connectivity index (χ4n) is 10.0. The number of benzene rings is 10. The van der Waals surface area contributed by atoms with Crippen molar-refractivity contribution in [1.82, 2.24) is 0 Å². The largest absolute Gasteiger partial charge is 0.332 e. The fraction of sp³-hybridized carbons (Fsp3) is 0.0702. The van der Waals surface area contributed by atoms with Crippen molar-refractivity contribution in [2.75, 3.05) is 9.80 Å². The van der Waals surface area contributed by atoms with Crippen LogP contribution in [0, 0.1) is 17.1 Å². The second-order valence-electron chi connectivity index (χ2n) is 16.6. The van der Waals surface area contributed by atoms with E-state index in [0.717, 1.165) is 82.9 Å². The molecule has 4 heteroatoms. The predicted octanol–water partition coefficient (Wildman–Crippen LogP) is 15.6. The van der Waals surface area contributed by atoms with Gasteiger partial charge in [-0.1, -0.05) is 159 Å². The molecule has 61 heavy (non-hydrogen) atoms. The third kappa shape index (κ3) is 5.77. The van der Waals surface area contributed by atoms with Gasteiger partial charge in [-0.05, 0) is 104 Å². The van der Waals surface area contributed by atoms with Crippen LogP contribution in [0.1, 0.15) is 36.6 Å². The molecule has 1 aliphatic rings. The van der Waals surface area contributed by atoms with Gasteiger partial charge in [0.1, 0.15) is 5.82 Å². The number of hydrogen-bond donors (Lipinski definition) is 0. The monoisotopic (exact) mass is 785 g/mol. The first-order valence-corrected chi connectivity index (χ1v) is 20.8. The van der Waals surface area contributed by atoms with E-state index in [-0.39, 0.29) is 17.3 Å². The van der Waals surface area contributed by atoms with Crippen LogP contribution >= 0.6 is 0 Å². The number of nitrogens with zero attached hydrogens (tertiary/aromatic N) is 3. The van der Waals surface area contributed by atoms with Crippen molar-refractivity contribution >= 4 is 60.8 Å². The van der Waals surface area contributed by atoms with Crippen molar-refractivity contribution < 1.29 is 4.39 Å². The van der Waals surface area contributed by atoms with Crippen LogP contribution in [0.15, 0.2) is 200 Å². The lowest BCUT2D eigenvalue weighted by Crippen LogP contribution is -2.31. The number of nitriles is 1. The molecule has 0 N–H and O–H groups in total. The highest BCUT2D eigenvalue weighted by Crippen LogP contribution is 2.58. The van der Waals surface area contributed by atoms with Gasteiger partial charge in [0.2, 0.25) is 0 Å². The summed E-state index contributed by atoms with van der Waals surface area (Å²) in [4.78, 5) is 4.60. The lowest BCUT2D eigenvalue weighted by Gasteiger charge is -2.36. The van der Waals surface area contributed by atoms with Crippen molar-refractivity contribution in [3.63, 3.8) is 0 Å². The zero-order valence-corrected chi connectivity index (χ0v) is 33.8. The van der Waals surface area contributed by atoms with Crippen LogP contribution in [0.2, 0.25) is 0 Å². The van der Waals surface area contributed by atoms with E-state index in [0.29, 0.717) is 11.3 Å². The fourth-order valence-corrected chi connectivity index (χ4v) is 10.0. The Morgan fingerprint density at radius 2 is 1.13 bits per heavy atom. The van der Waals surface area contributed by atoms with Gasteiger partial charge in [-0.2, -0.15) is 5.26 Å². The highest BCUT2D eigenvalue weighted by Gasteiger charge is 2.46. The number of hydrogen-bond acceptors (Lipinski definition) is 3. The van der Waals surface area contributed by atoms with Gasteiger partial charge in [0.05, 0.1) is 29.0 Å². The minimum atomic E-state index is -0.312. The number of para-hydroxylation sites is 1. The molecule has 290 valence electrons. The Morgan fingerprint density at radius 3 is 1.82 bits per heavy atom. The molecule has 3 nitrogen and oxygen atoms in total. The molecule has 1 heterocycles. The van der Waals surface area contributed by atoms with Crippen LogP contribution in [-0.4, -0.2) is 0 Å². The molecule has 0 saturated carbocycles. The Kier molecular flexibility index (Phi) is 8.47. The lowest BCUT2D eigenvalue weighted by molar-refractivity contribution is 0.449. The summed E-state index contributed by atoms with van der Waals surface area (Å²) in [7, 11) is 0. The first-order chi connectivity index (χ1) is 29.9. The topological polar surface area (TPSA) is 30.3 Å². The highest BCUT2D eigenvalue weighted by atomic mass is 19.1. The molecule has 0 aromatic heterocycles. The molecule has 0 saturated heterocycles. The van der Waals surface area contributed by atoms with Gasteiger partial charge in [-0.25, -0.2) is 4.39 Å². The van der Waals surface area contributed by atoms with Crippen molar-refractivity contribution in [3.8, 4) is 28.3 Å². The van der Waals surface area contributed by atoms with Crippen molar-refractivity contribution in [2.45, 2.75) is 25.3 Å². The number of anilines is 5. The maximum atomic E-state index is 17.5. The SMILES string of the molecule is CC1(C)c2cc(C#N)ccc2N(c2ccc3ccc4c(N(c5ccccc5)c5c(F)cc(-c6ccccc6)cc5-c5ccccc5)ccc5ccc2c3c54)C1c1ccccc1. The highest BCUT2D eigenvalue weighted by molar-refractivity contribution is 6.28. The van der Waals surface area contributed by atoms with Gasteiger partial charge < -0.3 is 9.80 Å². The van der Waals surface area contributed by atoms with Crippen LogP contribution in [0.3, 0.4) is 0 Å². The van der Waals surface area contributed by atoms with E-state index in [1.807, 2.05) is 72.8 Å². The molecule has 0 bridgehead atoms. The Balaban J connectivity index is 1.18. The zero-order valence-electron chi connectivity index (χ0n) is 33.8. The van der Waals surface area contributed by atoms with Gasteiger partial charge >= 0.3 is 0 Å². The first kappa shape index (κ1) is 36.3. The summed E-state index contributed by atoms with van der Waals surface area (Å²) in [5.41, 5.74) is 10.7. The zero-order chi connectivity index (χ0) is 41.2. The minimum absolute atomic E-state index is 0.0292. The van der Waals surface area contributed by atoms with Gasteiger partial charge in [-0.15, -0.1) is 0 Å². The summed E-state index contributed by atoms with van der Waals surface area (Å²) < 4.78 is 17.5. The van der Waals surface area contributed by atoms with Crippen LogP contribution in [-0.2, 0) is 5.41 Å². The quantitative estimate of drug-likeness (QED) is 0.151. The smallest absolute Gasteiger partial charge is 0.148 e. The molecule has 0 radical (unpaired) electrons. The molecule has 10 aromatic carbocycles. The summed E-state index contributed by atoms with van der Waals surface area (Å²) in [5.74, 6) is -0.307. The Bertz CT molecular complexity index is 3300. The van der Waals surface area contributed by atoms with Gasteiger partial charge in [0, 0.05) is 38.8 Å². The Morgan fingerprint density at radius 1 is 0.557 bits per heavy atom. The van der Waals surface area contributed by atoms with Gasteiger partial charge in [-0.3, -0.25) is 0 Å². The van der Waals surface area contributed by atoms with Crippen molar-refractivity contribution in [2.24, 2.45) is 0 Å². The molecule has 1 aliphatic heterocycles. The van der Waals surface area contributed by atoms with E-state index in [4.69, 9.17) is 0 Å². The summed E-state index contributed by atoms with van der Waals surface area (Å²) in [5, 5.41) is 16.7. The number of halogens is 1. The molecular weight excluding hydrogens is 746 g/mol. The third-order valence-electron chi connectivity index (χ3n) is 12.7. The predicted molar refractivity (Wildman–Crippen MR) is 251 cm³/mol. The number of fused-ring (bicyclic) bond motifs is 1. The normalized spacial score (nSPS) is 14.4. The van der Waals surface area contributed by atoms with Crippen LogP contribution < -0.4 is 9.80 Å². The van der Waals surface area contributed by atoms with E-state index < -0.39 is 0 Å². The van der Waals surface area contributed by atoms with E-state index in [1.54, 1.807) is 6.07 Å². The Hall–Kier alpha value is -7.74. The summed E-state index contributed by atoms with van der Waals surface area (Å²) in [6.07, 6.45) is 0. The molecule has 11 rings (SSSR count). The van der Waals surface area contributed by atoms with E-state index in [1.165, 1.54) is 5.56 Å². The van der Waals surface area contributed by atoms with Crippen LogP contribution in [0.5, 0.6) is 0 Å². The maximum Gasteiger partial charge on any atom is 0.148 e. The summed E-state index contributed by atoms with van der Waals surface area (Å²) >= 11 is 0. The molecule has 0 fully saturated rings. The molecule has 0 aliphatic carbocycles. The molecule has 10 aromatic rings. The van der Waals surface area contributed by atoms with Crippen LogP contribution in [0.4, 0.5) is 32.8 Å². The van der Waals surface area contributed by atoms with E-state index in [2.05, 4.69) is 151 Å². The second kappa shape index (κ2) is 14.2. The first-order valence-electron chi connectivity index (χ1n) is 20.8. The van der Waals surface area contributed by atoms with Crippen molar-refractivity contribution in [3.05, 3.63) is 223 Å². The molecule has 1 unspecified atom stereocenters. The van der Waals surface area contributed by atoms with Gasteiger partial charge in [0.25, 0.3) is 0 Å². The maximum absolute atomic E-state index is 17.5. The Labute approximate surface area is 355 Å². The van der Waals surface area contributed by atoms with E-state index in [9.17, 15) is 5.26 Å².